The fourth-order valence-corrected chi connectivity index (χ4v) is 3.46. The molecule has 1 aliphatic carbocycles. The lowest BCUT2D eigenvalue weighted by molar-refractivity contribution is -0.120. The van der Waals surface area contributed by atoms with E-state index in [1.54, 1.807) is 0 Å². The molecule has 1 unspecified atom stereocenters. The van der Waals surface area contributed by atoms with E-state index in [4.69, 9.17) is 11.6 Å². The van der Waals surface area contributed by atoms with Gasteiger partial charge in [-0.15, -0.1) is 0 Å². The van der Waals surface area contributed by atoms with E-state index in [-0.39, 0.29) is 11.8 Å². The van der Waals surface area contributed by atoms with Gasteiger partial charge in [0.1, 0.15) is 0 Å². The Balaban J connectivity index is 1.77. The van der Waals surface area contributed by atoms with E-state index in [0.29, 0.717) is 5.02 Å². The van der Waals surface area contributed by atoms with Gasteiger partial charge in [0.25, 0.3) is 0 Å². The molecule has 1 aromatic carbocycles. The molecule has 1 amide bonds. The molecule has 1 fully saturated rings. The van der Waals surface area contributed by atoms with Crippen LogP contribution in [0.1, 0.15) is 38.5 Å². The molecule has 1 N–H and O–H groups in total. The van der Waals surface area contributed by atoms with Gasteiger partial charge < -0.3 is 10.2 Å². The molecule has 22 heavy (non-hydrogen) atoms. The number of nitrogens with zero attached hydrogens (tertiary/aromatic N) is 1. The van der Waals surface area contributed by atoms with Gasteiger partial charge in [-0.25, -0.2) is 0 Å². The van der Waals surface area contributed by atoms with Gasteiger partial charge in [0.2, 0.25) is 5.91 Å². The molecule has 3 rings (SSSR count). The lowest BCUT2D eigenvalue weighted by Crippen LogP contribution is -2.31. The molecule has 1 aromatic rings. The fraction of sp³-hybridized carbons (Fsp3) is 0.500. The van der Waals surface area contributed by atoms with Gasteiger partial charge in [-0.3, -0.25) is 4.79 Å². The summed E-state index contributed by atoms with van der Waals surface area (Å²) in [6.07, 6.45) is 10.7. The first kappa shape index (κ1) is 15.4. The second-order valence-corrected chi connectivity index (χ2v) is 6.62. The van der Waals surface area contributed by atoms with Crippen LogP contribution in [0.5, 0.6) is 0 Å². The van der Waals surface area contributed by atoms with E-state index >= 15 is 0 Å². The quantitative estimate of drug-likeness (QED) is 0.824. The molecule has 0 bridgehead atoms. The van der Waals surface area contributed by atoms with Crippen LogP contribution >= 0.6 is 11.6 Å². The van der Waals surface area contributed by atoms with Crippen LogP contribution in [0.2, 0.25) is 5.02 Å². The fourth-order valence-electron chi connectivity index (χ4n) is 3.29. The van der Waals surface area contributed by atoms with Crippen molar-refractivity contribution >= 4 is 28.9 Å². The molecule has 0 spiro atoms. The average molecular weight is 319 g/mol. The molecule has 2 aliphatic rings. The van der Waals surface area contributed by atoms with Crippen LogP contribution in [0.4, 0.5) is 11.4 Å². The third kappa shape index (κ3) is 3.64. The zero-order valence-corrected chi connectivity index (χ0v) is 13.6. The minimum Gasteiger partial charge on any atom is -0.370 e. The summed E-state index contributed by atoms with van der Waals surface area (Å²) in [7, 11) is 0. The number of halogens is 1. The summed E-state index contributed by atoms with van der Waals surface area (Å²) in [5, 5.41) is 3.79. The van der Waals surface area contributed by atoms with Crippen molar-refractivity contribution in [3.05, 3.63) is 35.4 Å². The maximum Gasteiger partial charge on any atom is 0.227 e. The van der Waals surface area contributed by atoms with Gasteiger partial charge in [-0.2, -0.15) is 0 Å². The third-order valence-electron chi connectivity index (χ3n) is 4.55. The molecule has 3 nitrogen and oxygen atoms in total. The highest BCUT2D eigenvalue weighted by atomic mass is 35.5. The predicted molar refractivity (Wildman–Crippen MR) is 92.6 cm³/mol. The van der Waals surface area contributed by atoms with Crippen molar-refractivity contribution in [3.8, 4) is 0 Å². The Hall–Kier alpha value is -1.48. The van der Waals surface area contributed by atoms with Gasteiger partial charge in [-0.1, -0.05) is 23.8 Å². The van der Waals surface area contributed by atoms with E-state index in [2.05, 4.69) is 22.4 Å². The Labute approximate surface area is 137 Å². The molecule has 118 valence electrons. The topological polar surface area (TPSA) is 32.3 Å². The van der Waals surface area contributed by atoms with Gasteiger partial charge in [0.05, 0.1) is 11.4 Å². The first-order valence-electron chi connectivity index (χ1n) is 8.24. The Kier molecular flexibility index (Phi) is 5.04. The summed E-state index contributed by atoms with van der Waals surface area (Å²) >= 11 is 6.14. The van der Waals surface area contributed by atoms with Crippen LogP contribution < -0.4 is 10.2 Å². The molecule has 1 heterocycles. The number of piperidine rings is 1. The van der Waals surface area contributed by atoms with E-state index in [1.165, 1.54) is 19.3 Å². The molecule has 0 aromatic heterocycles. The van der Waals surface area contributed by atoms with Gasteiger partial charge >= 0.3 is 0 Å². The second kappa shape index (κ2) is 7.19. The summed E-state index contributed by atoms with van der Waals surface area (Å²) in [4.78, 5) is 14.9. The number of carbonyl (C=O) groups excluding carboxylic acids is 1. The van der Waals surface area contributed by atoms with Gasteiger partial charge in [-0.05, 0) is 56.7 Å². The lowest BCUT2D eigenvalue weighted by atomic mass is 9.93. The molecule has 1 aliphatic heterocycles. The Morgan fingerprint density at radius 2 is 2.00 bits per heavy atom. The molecular formula is C18H23ClN2O. The summed E-state index contributed by atoms with van der Waals surface area (Å²) in [5.41, 5.74) is 1.96. The van der Waals surface area contributed by atoms with E-state index < -0.39 is 0 Å². The summed E-state index contributed by atoms with van der Waals surface area (Å²) < 4.78 is 0. The minimum absolute atomic E-state index is 0.0817. The van der Waals surface area contributed by atoms with Crippen LogP contribution in [-0.2, 0) is 4.79 Å². The Bertz CT molecular complexity index is 564. The second-order valence-electron chi connectivity index (χ2n) is 6.18. The summed E-state index contributed by atoms with van der Waals surface area (Å²) in [5.74, 6) is 0.197. The Morgan fingerprint density at radius 1 is 1.18 bits per heavy atom. The smallest absolute Gasteiger partial charge is 0.227 e. The molecule has 4 heteroatoms. The molecule has 0 radical (unpaired) electrons. The van der Waals surface area contributed by atoms with Crippen LogP contribution in [0.25, 0.3) is 0 Å². The highest BCUT2D eigenvalue weighted by Crippen LogP contribution is 2.32. The number of amides is 1. The predicted octanol–water partition coefficient (Wildman–Crippen LogP) is 4.63. The number of allylic oxidation sites excluding steroid dienone is 2. The number of anilines is 2. The zero-order valence-electron chi connectivity index (χ0n) is 12.9. The first-order chi connectivity index (χ1) is 10.7. The monoisotopic (exact) mass is 318 g/mol. The normalized spacial score (nSPS) is 21.7. The van der Waals surface area contributed by atoms with E-state index in [0.717, 1.165) is 43.7 Å². The molecule has 1 atom stereocenters. The third-order valence-corrected chi connectivity index (χ3v) is 4.79. The number of hydrogen-bond donors (Lipinski definition) is 1. The molecule has 1 saturated heterocycles. The number of benzene rings is 1. The van der Waals surface area contributed by atoms with Gasteiger partial charge in [0.15, 0.2) is 0 Å². The maximum atomic E-state index is 12.5. The number of rotatable bonds is 3. The van der Waals surface area contributed by atoms with Crippen LogP contribution in [0.3, 0.4) is 0 Å². The van der Waals surface area contributed by atoms with Crippen molar-refractivity contribution in [2.45, 2.75) is 38.5 Å². The highest BCUT2D eigenvalue weighted by Gasteiger charge is 2.21. The minimum atomic E-state index is 0.0817. The van der Waals surface area contributed by atoms with E-state index in [1.807, 2.05) is 18.2 Å². The lowest BCUT2D eigenvalue weighted by Gasteiger charge is -2.31. The van der Waals surface area contributed by atoms with Crippen molar-refractivity contribution in [1.82, 2.24) is 0 Å². The van der Waals surface area contributed by atoms with Crippen molar-refractivity contribution in [1.29, 1.82) is 0 Å². The van der Waals surface area contributed by atoms with Crippen LogP contribution in [-0.4, -0.2) is 19.0 Å². The van der Waals surface area contributed by atoms with Crippen molar-refractivity contribution in [3.63, 3.8) is 0 Å². The number of hydrogen-bond acceptors (Lipinski definition) is 2. The number of carbonyl (C=O) groups is 1. The van der Waals surface area contributed by atoms with Crippen LogP contribution in [0, 0.1) is 5.92 Å². The van der Waals surface area contributed by atoms with Crippen molar-refractivity contribution in [2.24, 2.45) is 5.92 Å². The molecular weight excluding hydrogens is 296 g/mol. The Morgan fingerprint density at radius 3 is 2.73 bits per heavy atom. The van der Waals surface area contributed by atoms with Crippen molar-refractivity contribution < 1.29 is 4.79 Å². The van der Waals surface area contributed by atoms with Crippen LogP contribution in [0.15, 0.2) is 30.4 Å². The number of nitrogens with one attached hydrogen (secondary N) is 1. The average Bonchev–Trinajstić information content (AvgIpc) is 2.56. The summed E-state index contributed by atoms with van der Waals surface area (Å²) in [6, 6.07) is 5.82. The molecule has 0 saturated carbocycles. The first-order valence-corrected chi connectivity index (χ1v) is 8.62. The maximum absolute atomic E-state index is 12.5. The zero-order chi connectivity index (χ0) is 15.4. The van der Waals surface area contributed by atoms with E-state index in [9.17, 15) is 4.79 Å². The SMILES string of the molecule is O=C(Nc1cc(Cl)ccc1N1CCCCC1)C1CC=CCC1. The highest BCUT2D eigenvalue weighted by molar-refractivity contribution is 6.31. The standard InChI is InChI=1S/C18H23ClN2O/c19-15-9-10-17(21-11-5-2-6-12-21)16(13-15)20-18(22)14-7-3-1-4-8-14/h1,3,9-10,13-14H,2,4-8,11-12H2,(H,20,22). The largest absolute Gasteiger partial charge is 0.370 e. The van der Waals surface area contributed by atoms with Gasteiger partial charge in [0, 0.05) is 24.0 Å². The van der Waals surface area contributed by atoms with Crippen molar-refractivity contribution in [2.75, 3.05) is 23.3 Å². The summed E-state index contributed by atoms with van der Waals surface area (Å²) in [6.45, 7) is 2.10.